The van der Waals surface area contributed by atoms with Crippen LogP contribution in [0.3, 0.4) is 0 Å². The van der Waals surface area contributed by atoms with Gasteiger partial charge in [0.2, 0.25) is 5.82 Å². The predicted molar refractivity (Wildman–Crippen MR) is 131 cm³/mol. The molecule has 0 amide bonds. The van der Waals surface area contributed by atoms with Crippen molar-refractivity contribution < 1.29 is 8.91 Å². The van der Waals surface area contributed by atoms with Gasteiger partial charge < -0.3 is 14.7 Å². The van der Waals surface area contributed by atoms with Crippen molar-refractivity contribution in [3.63, 3.8) is 0 Å². The zero-order valence-corrected chi connectivity index (χ0v) is 20.1. The third-order valence-corrected chi connectivity index (χ3v) is 6.41. The van der Waals surface area contributed by atoms with Gasteiger partial charge in [0.1, 0.15) is 5.82 Å². The minimum absolute atomic E-state index is 0.308. The minimum atomic E-state index is -0.395. The van der Waals surface area contributed by atoms with Gasteiger partial charge in [-0.05, 0) is 73.3 Å². The SMILES string of the molecule is CSc1ccc(-c2noc(C3=C(C)N(CC(C)C)C(=S)NC3c3cccc(F)c3)n2)cc1. The van der Waals surface area contributed by atoms with E-state index in [2.05, 4.69) is 24.3 Å². The summed E-state index contributed by atoms with van der Waals surface area (Å²) in [5.41, 5.74) is 3.33. The van der Waals surface area contributed by atoms with Gasteiger partial charge in [-0.25, -0.2) is 4.39 Å². The van der Waals surface area contributed by atoms with Crippen LogP contribution in [-0.2, 0) is 0 Å². The maximum Gasteiger partial charge on any atom is 0.258 e. The number of aromatic nitrogens is 2. The second-order valence-corrected chi connectivity index (χ2v) is 9.36. The first-order valence-corrected chi connectivity index (χ1v) is 12.0. The number of rotatable bonds is 6. The second-order valence-electron chi connectivity index (χ2n) is 8.09. The van der Waals surface area contributed by atoms with E-state index in [1.165, 1.54) is 12.1 Å². The maximum atomic E-state index is 14.0. The van der Waals surface area contributed by atoms with Crippen LogP contribution in [-0.4, -0.2) is 33.0 Å². The number of allylic oxidation sites excluding steroid dienone is 1. The summed E-state index contributed by atoms with van der Waals surface area (Å²) in [6.07, 6.45) is 2.03. The summed E-state index contributed by atoms with van der Waals surface area (Å²) in [6, 6.07) is 14.1. The number of thioether (sulfide) groups is 1. The highest BCUT2D eigenvalue weighted by Crippen LogP contribution is 2.37. The molecular formula is C24H25FN4OS2. The van der Waals surface area contributed by atoms with E-state index < -0.39 is 6.04 Å². The van der Waals surface area contributed by atoms with Crippen molar-refractivity contribution >= 4 is 34.7 Å². The van der Waals surface area contributed by atoms with Gasteiger partial charge in [-0.2, -0.15) is 4.98 Å². The van der Waals surface area contributed by atoms with Gasteiger partial charge in [-0.3, -0.25) is 0 Å². The lowest BCUT2D eigenvalue weighted by Gasteiger charge is -2.38. The molecule has 1 aliphatic heterocycles. The Bertz CT molecular complexity index is 1160. The zero-order chi connectivity index (χ0) is 22.8. The average molecular weight is 469 g/mol. The van der Waals surface area contributed by atoms with Crippen molar-refractivity contribution in [2.45, 2.75) is 31.7 Å². The molecule has 3 aromatic rings. The van der Waals surface area contributed by atoms with E-state index in [-0.39, 0.29) is 5.82 Å². The van der Waals surface area contributed by atoms with Gasteiger partial charge in [0.15, 0.2) is 5.11 Å². The van der Waals surface area contributed by atoms with Crippen LogP contribution in [0, 0.1) is 11.7 Å². The normalized spacial score (nSPS) is 16.6. The molecular weight excluding hydrogens is 443 g/mol. The lowest BCUT2D eigenvalue weighted by molar-refractivity contribution is 0.385. The summed E-state index contributed by atoms with van der Waals surface area (Å²) >= 11 is 7.34. The molecule has 32 heavy (non-hydrogen) atoms. The van der Waals surface area contributed by atoms with Gasteiger partial charge in [-0.15, -0.1) is 11.8 Å². The Kier molecular flexibility index (Phi) is 6.62. The summed E-state index contributed by atoms with van der Waals surface area (Å²) in [4.78, 5) is 7.91. The number of hydrogen-bond donors (Lipinski definition) is 1. The van der Waals surface area contributed by atoms with Crippen LogP contribution in [0.4, 0.5) is 4.39 Å². The lowest BCUT2D eigenvalue weighted by Crippen LogP contribution is -2.47. The van der Waals surface area contributed by atoms with E-state index in [1.807, 2.05) is 48.4 Å². The van der Waals surface area contributed by atoms with Gasteiger partial charge in [-0.1, -0.05) is 31.1 Å². The Morgan fingerprint density at radius 3 is 2.62 bits per heavy atom. The first-order chi connectivity index (χ1) is 15.4. The molecule has 1 atom stereocenters. The van der Waals surface area contributed by atoms with E-state index in [0.29, 0.717) is 22.7 Å². The van der Waals surface area contributed by atoms with Crippen LogP contribution in [0.25, 0.3) is 17.0 Å². The van der Waals surface area contributed by atoms with Crippen molar-refractivity contribution in [1.29, 1.82) is 0 Å². The van der Waals surface area contributed by atoms with Crippen LogP contribution in [0.1, 0.15) is 38.3 Å². The monoisotopic (exact) mass is 468 g/mol. The van der Waals surface area contributed by atoms with E-state index in [9.17, 15) is 4.39 Å². The molecule has 0 spiro atoms. The molecule has 0 fully saturated rings. The third-order valence-electron chi connectivity index (χ3n) is 5.33. The van der Waals surface area contributed by atoms with E-state index >= 15 is 0 Å². The first-order valence-electron chi connectivity index (χ1n) is 10.4. The Labute approximate surface area is 197 Å². The van der Waals surface area contributed by atoms with Crippen LogP contribution in [0.15, 0.2) is 63.6 Å². The van der Waals surface area contributed by atoms with Crippen molar-refractivity contribution in [3.05, 3.63) is 71.5 Å². The van der Waals surface area contributed by atoms with Gasteiger partial charge in [0.05, 0.1) is 11.6 Å². The Morgan fingerprint density at radius 2 is 1.97 bits per heavy atom. The van der Waals surface area contributed by atoms with Crippen molar-refractivity contribution in [2.75, 3.05) is 12.8 Å². The van der Waals surface area contributed by atoms with Crippen LogP contribution >= 0.6 is 24.0 Å². The molecule has 1 aromatic heterocycles. The molecule has 1 aliphatic rings. The molecule has 4 rings (SSSR count). The molecule has 0 saturated carbocycles. The highest BCUT2D eigenvalue weighted by atomic mass is 32.2. The Balaban J connectivity index is 1.79. The number of thiocarbonyl (C=S) groups is 1. The lowest BCUT2D eigenvalue weighted by atomic mass is 9.94. The number of hydrogen-bond acceptors (Lipinski definition) is 5. The molecule has 166 valence electrons. The molecule has 1 N–H and O–H groups in total. The zero-order valence-electron chi connectivity index (χ0n) is 18.4. The topological polar surface area (TPSA) is 54.2 Å². The summed E-state index contributed by atoms with van der Waals surface area (Å²) in [5, 5.41) is 8.18. The maximum absolute atomic E-state index is 14.0. The van der Waals surface area contributed by atoms with Crippen molar-refractivity contribution in [3.8, 4) is 11.4 Å². The smallest absolute Gasteiger partial charge is 0.258 e. The van der Waals surface area contributed by atoms with Gasteiger partial charge in [0, 0.05) is 22.7 Å². The first kappa shape index (κ1) is 22.5. The molecule has 1 unspecified atom stereocenters. The molecule has 0 saturated heterocycles. The standard InChI is InChI=1S/C24H25FN4OS2/c1-14(2)13-29-15(3)20(21(26-24(29)31)17-6-5-7-18(25)12-17)23-27-22(28-30-23)16-8-10-19(32-4)11-9-16/h5-12,14,21H,13H2,1-4H3,(H,26,31). The fraction of sp³-hybridized carbons (Fsp3) is 0.292. The number of halogens is 1. The average Bonchev–Trinajstić information content (AvgIpc) is 3.26. The summed E-state index contributed by atoms with van der Waals surface area (Å²) in [5.74, 6) is 0.987. The van der Waals surface area contributed by atoms with Gasteiger partial charge in [0.25, 0.3) is 5.89 Å². The van der Waals surface area contributed by atoms with E-state index in [0.717, 1.165) is 33.8 Å². The van der Waals surface area contributed by atoms with E-state index in [4.69, 9.17) is 21.7 Å². The molecule has 2 heterocycles. The molecule has 8 heteroatoms. The molecule has 0 bridgehead atoms. The van der Waals surface area contributed by atoms with Crippen LogP contribution in [0.5, 0.6) is 0 Å². The third kappa shape index (κ3) is 4.56. The molecule has 0 aliphatic carbocycles. The fourth-order valence-electron chi connectivity index (χ4n) is 3.77. The summed E-state index contributed by atoms with van der Waals surface area (Å²) in [7, 11) is 0. The number of nitrogens with one attached hydrogen (secondary N) is 1. The van der Waals surface area contributed by atoms with Crippen LogP contribution in [0.2, 0.25) is 0 Å². The van der Waals surface area contributed by atoms with Crippen LogP contribution < -0.4 is 5.32 Å². The number of benzene rings is 2. The number of nitrogens with zero attached hydrogens (tertiary/aromatic N) is 3. The van der Waals surface area contributed by atoms with E-state index in [1.54, 1.807) is 17.8 Å². The largest absolute Gasteiger partial charge is 0.351 e. The molecule has 0 radical (unpaired) electrons. The predicted octanol–water partition coefficient (Wildman–Crippen LogP) is 5.92. The molecule has 5 nitrogen and oxygen atoms in total. The van der Waals surface area contributed by atoms with Crippen molar-refractivity contribution in [1.82, 2.24) is 20.4 Å². The molecule has 2 aromatic carbocycles. The summed E-state index contributed by atoms with van der Waals surface area (Å²) < 4.78 is 19.8. The Morgan fingerprint density at radius 1 is 1.22 bits per heavy atom. The highest BCUT2D eigenvalue weighted by Gasteiger charge is 2.34. The highest BCUT2D eigenvalue weighted by molar-refractivity contribution is 7.98. The van der Waals surface area contributed by atoms with Crippen molar-refractivity contribution in [2.24, 2.45) is 5.92 Å². The summed E-state index contributed by atoms with van der Waals surface area (Å²) in [6.45, 7) is 7.01. The quantitative estimate of drug-likeness (QED) is 0.356. The van der Waals surface area contributed by atoms with Gasteiger partial charge >= 0.3 is 0 Å². The Hall–Kier alpha value is -2.71. The minimum Gasteiger partial charge on any atom is -0.351 e. The fourth-order valence-corrected chi connectivity index (χ4v) is 4.51. The second kappa shape index (κ2) is 9.42.